The van der Waals surface area contributed by atoms with Crippen molar-refractivity contribution in [3.05, 3.63) is 59.5 Å². The largest absolute Gasteiger partial charge is 0.406 e. The first kappa shape index (κ1) is 37.7. The second-order valence-corrected chi connectivity index (χ2v) is 13.1. The normalized spacial score (nSPS) is 14.1. The summed E-state index contributed by atoms with van der Waals surface area (Å²) in [6.07, 6.45) is 0.837. The molecule has 1 saturated heterocycles. The van der Waals surface area contributed by atoms with Crippen LogP contribution in [0.25, 0.3) is 10.9 Å². The van der Waals surface area contributed by atoms with E-state index in [2.05, 4.69) is 33.1 Å². The molecule has 4 rings (SSSR count). The topological polar surface area (TPSA) is 95.7 Å². The first-order valence-electron chi connectivity index (χ1n) is 16.7. The summed E-state index contributed by atoms with van der Waals surface area (Å²) in [7, 11) is 3.30. The van der Waals surface area contributed by atoms with Crippen LogP contribution in [-0.2, 0) is 32.6 Å². The molecule has 49 heavy (non-hydrogen) atoms. The number of rotatable bonds is 15. The van der Waals surface area contributed by atoms with Gasteiger partial charge in [0, 0.05) is 51.3 Å². The van der Waals surface area contributed by atoms with E-state index >= 15 is 0 Å². The highest BCUT2D eigenvalue weighted by Gasteiger charge is 2.30. The van der Waals surface area contributed by atoms with Gasteiger partial charge in [-0.2, -0.15) is 18.4 Å². The van der Waals surface area contributed by atoms with Gasteiger partial charge in [-0.3, -0.25) is 14.7 Å². The molecular formula is C37H47F3N6O3. The van der Waals surface area contributed by atoms with Gasteiger partial charge in [0.05, 0.1) is 61.1 Å². The molecule has 0 spiro atoms. The van der Waals surface area contributed by atoms with Crippen LogP contribution in [0.4, 0.5) is 18.9 Å². The standard InChI is InChI=1S/C37H47F3N6O3/c1-36(2,26-41)34-12-10-31(24-43-34)42-15-5-6-32-23-30-22-29(9-11-33(30)46(32)27-37(38,39)40)8-7-28-13-16-45(17-14-28)35(47)25-44(18-20-48-3)19-21-49-4/h9-12,22-24,28,42H,7-8,13-21,25,27H2,1-4H3. The molecule has 0 atom stereocenters. The fourth-order valence-corrected chi connectivity index (χ4v) is 5.98. The molecule has 0 bridgehead atoms. The first-order chi connectivity index (χ1) is 23.4. The van der Waals surface area contributed by atoms with E-state index in [1.165, 1.54) is 4.57 Å². The van der Waals surface area contributed by atoms with Crippen molar-refractivity contribution in [1.82, 2.24) is 19.4 Å². The number of alkyl halides is 3. The van der Waals surface area contributed by atoms with Gasteiger partial charge in [0.1, 0.15) is 6.54 Å². The number of ether oxygens (including phenoxy) is 2. The zero-order valence-corrected chi connectivity index (χ0v) is 28.9. The van der Waals surface area contributed by atoms with E-state index in [4.69, 9.17) is 9.47 Å². The number of halogens is 3. The minimum absolute atomic E-state index is 0.126. The third-order valence-electron chi connectivity index (χ3n) is 8.97. The Morgan fingerprint density at radius 2 is 1.80 bits per heavy atom. The summed E-state index contributed by atoms with van der Waals surface area (Å²) in [5.74, 6) is 6.48. The Morgan fingerprint density at radius 3 is 2.41 bits per heavy atom. The van der Waals surface area contributed by atoms with Gasteiger partial charge in [-0.05, 0) is 87.3 Å². The molecule has 9 nitrogen and oxygen atoms in total. The van der Waals surface area contributed by atoms with E-state index in [1.54, 1.807) is 58.5 Å². The maximum absolute atomic E-state index is 13.6. The molecule has 1 aromatic carbocycles. The SMILES string of the molecule is COCCN(CCOC)CC(=O)N1CCC(CCc2ccc3c(c2)cc(C#CCNc2ccc(C(C)(C)C#N)nc2)n3CC(F)(F)F)CC1. The number of amides is 1. The smallest absolute Gasteiger partial charge is 0.383 e. The molecular weight excluding hydrogens is 633 g/mol. The molecule has 264 valence electrons. The number of nitrogens with zero attached hydrogens (tertiary/aromatic N) is 5. The van der Waals surface area contributed by atoms with Crippen molar-refractivity contribution in [3.63, 3.8) is 0 Å². The zero-order chi connectivity index (χ0) is 35.4. The predicted molar refractivity (Wildman–Crippen MR) is 184 cm³/mol. The van der Waals surface area contributed by atoms with Gasteiger partial charge in [-0.25, -0.2) is 0 Å². The molecule has 1 N–H and O–H groups in total. The van der Waals surface area contributed by atoms with E-state index in [-0.39, 0.29) is 12.5 Å². The Kier molecular flexibility index (Phi) is 13.5. The molecule has 1 aliphatic rings. The lowest BCUT2D eigenvalue weighted by atomic mass is 9.90. The Balaban J connectivity index is 1.34. The predicted octanol–water partition coefficient (Wildman–Crippen LogP) is 5.63. The molecule has 12 heteroatoms. The second kappa shape index (κ2) is 17.5. The highest BCUT2D eigenvalue weighted by molar-refractivity contribution is 5.83. The third kappa shape index (κ3) is 11.2. The molecule has 0 aliphatic carbocycles. The number of hydrogen-bond donors (Lipinski definition) is 1. The van der Waals surface area contributed by atoms with Crippen LogP contribution in [-0.4, -0.2) is 98.1 Å². The minimum Gasteiger partial charge on any atom is -0.383 e. The van der Waals surface area contributed by atoms with Gasteiger partial charge in [0.2, 0.25) is 5.91 Å². The van der Waals surface area contributed by atoms with Crippen molar-refractivity contribution in [1.29, 1.82) is 5.26 Å². The second-order valence-electron chi connectivity index (χ2n) is 13.1. The van der Waals surface area contributed by atoms with Crippen molar-refractivity contribution < 1.29 is 27.4 Å². The first-order valence-corrected chi connectivity index (χ1v) is 16.7. The van der Waals surface area contributed by atoms with Crippen LogP contribution in [0, 0.1) is 29.1 Å². The molecule has 1 fully saturated rings. The molecule has 0 unspecified atom stereocenters. The van der Waals surface area contributed by atoms with Gasteiger partial charge in [0.25, 0.3) is 0 Å². The molecule has 0 saturated carbocycles. The van der Waals surface area contributed by atoms with E-state index in [0.29, 0.717) is 61.4 Å². The number of carbonyl (C=O) groups excluding carboxylic acids is 1. The number of aromatic nitrogens is 2. The fourth-order valence-electron chi connectivity index (χ4n) is 5.98. The number of piperidine rings is 1. The molecule has 2 aromatic heterocycles. The van der Waals surface area contributed by atoms with Crippen molar-refractivity contribution >= 4 is 22.5 Å². The Bertz CT molecular complexity index is 1620. The van der Waals surface area contributed by atoms with Crippen LogP contribution in [0.5, 0.6) is 0 Å². The van der Waals surface area contributed by atoms with E-state index in [1.807, 2.05) is 17.0 Å². The number of nitriles is 1. The molecule has 3 aromatic rings. The maximum atomic E-state index is 13.6. The number of methoxy groups -OCH3 is 2. The summed E-state index contributed by atoms with van der Waals surface area (Å²) in [6, 6.07) is 13.2. The number of benzene rings is 1. The minimum atomic E-state index is -4.40. The summed E-state index contributed by atoms with van der Waals surface area (Å²) in [6.45, 7) is 6.94. The lowest BCUT2D eigenvalue weighted by molar-refractivity contribution is -0.140. The molecule has 1 amide bonds. The van der Waals surface area contributed by atoms with Crippen LogP contribution in [0.3, 0.4) is 0 Å². The number of carbonyl (C=O) groups is 1. The Labute approximate surface area is 287 Å². The highest BCUT2D eigenvalue weighted by Crippen LogP contribution is 2.28. The van der Waals surface area contributed by atoms with Gasteiger partial charge in [-0.1, -0.05) is 12.0 Å². The lowest BCUT2D eigenvalue weighted by Gasteiger charge is -2.33. The summed E-state index contributed by atoms with van der Waals surface area (Å²) in [5, 5.41) is 13.2. The van der Waals surface area contributed by atoms with E-state index in [0.717, 1.165) is 49.7 Å². The van der Waals surface area contributed by atoms with Gasteiger partial charge >= 0.3 is 6.18 Å². The van der Waals surface area contributed by atoms with Crippen molar-refractivity contribution in [2.75, 3.05) is 72.0 Å². The van der Waals surface area contributed by atoms with Crippen molar-refractivity contribution in [3.8, 4) is 17.9 Å². The lowest BCUT2D eigenvalue weighted by Crippen LogP contribution is -2.45. The summed E-state index contributed by atoms with van der Waals surface area (Å²) in [4.78, 5) is 21.3. The number of fused-ring (bicyclic) bond motifs is 1. The van der Waals surface area contributed by atoms with Crippen LogP contribution in [0.2, 0.25) is 0 Å². The van der Waals surface area contributed by atoms with Crippen LogP contribution < -0.4 is 5.32 Å². The number of likely N-dealkylation sites (tertiary alicyclic amines) is 1. The number of pyridine rings is 1. The van der Waals surface area contributed by atoms with Crippen LogP contribution in [0.1, 0.15) is 50.1 Å². The van der Waals surface area contributed by atoms with Gasteiger partial charge < -0.3 is 24.3 Å². The number of aryl methyl sites for hydroxylation is 1. The van der Waals surface area contributed by atoms with Crippen LogP contribution in [0.15, 0.2) is 42.6 Å². The molecule has 1 aliphatic heterocycles. The van der Waals surface area contributed by atoms with Crippen LogP contribution >= 0.6 is 0 Å². The number of hydrogen-bond acceptors (Lipinski definition) is 7. The summed E-state index contributed by atoms with van der Waals surface area (Å²) in [5.41, 5.74) is 2.51. The van der Waals surface area contributed by atoms with Gasteiger partial charge in [-0.15, -0.1) is 0 Å². The Morgan fingerprint density at radius 1 is 1.08 bits per heavy atom. The van der Waals surface area contributed by atoms with E-state index in [9.17, 15) is 23.2 Å². The number of nitrogens with one attached hydrogen (secondary N) is 1. The average Bonchev–Trinajstić information content (AvgIpc) is 3.41. The zero-order valence-electron chi connectivity index (χ0n) is 28.9. The average molecular weight is 681 g/mol. The van der Waals surface area contributed by atoms with Gasteiger partial charge in [0.15, 0.2) is 0 Å². The monoisotopic (exact) mass is 680 g/mol. The summed E-state index contributed by atoms with van der Waals surface area (Å²) < 4.78 is 52.3. The summed E-state index contributed by atoms with van der Waals surface area (Å²) >= 11 is 0. The highest BCUT2D eigenvalue weighted by atomic mass is 19.4. The number of anilines is 1. The van der Waals surface area contributed by atoms with Crippen molar-refractivity contribution in [2.45, 2.75) is 57.7 Å². The third-order valence-corrected chi connectivity index (χ3v) is 8.97. The molecule has 3 heterocycles. The molecule has 0 radical (unpaired) electrons. The van der Waals surface area contributed by atoms with Crippen molar-refractivity contribution in [2.24, 2.45) is 5.92 Å². The quantitative estimate of drug-likeness (QED) is 0.208. The Hall–Kier alpha value is -4.10. The van der Waals surface area contributed by atoms with E-state index < -0.39 is 18.1 Å². The fraction of sp³-hybridized carbons (Fsp3) is 0.541. The maximum Gasteiger partial charge on any atom is 0.406 e.